The van der Waals surface area contributed by atoms with Crippen LogP contribution >= 0.6 is 12.2 Å². The number of hydrazine groups is 1. The summed E-state index contributed by atoms with van der Waals surface area (Å²) >= 11 is 5.22. The minimum Gasteiger partial charge on any atom is -0.495 e. The summed E-state index contributed by atoms with van der Waals surface area (Å²) < 4.78 is 32.9. The predicted molar refractivity (Wildman–Crippen MR) is 119 cm³/mol. The molecular weight excluding hydrogens is 424 g/mol. The Morgan fingerprint density at radius 3 is 2.53 bits per heavy atom. The standard InChI is InChI=1S/C20H24N4O4S2/c1-12-5-4-6-16(13(12)2)21-20(29)23-22-19(25)14-7-10-17(28-3)18(11-14)30(26,27)24-15-8-9-15/h4-7,10-11,15,24H,8-9H2,1-3H3,(H,22,25)(H2,21,23,29). The quantitative estimate of drug-likeness (QED) is 0.397. The number of nitrogens with one attached hydrogen (secondary N) is 4. The van der Waals surface area contributed by atoms with Crippen LogP contribution in [-0.2, 0) is 10.0 Å². The van der Waals surface area contributed by atoms with Crippen LogP contribution < -0.4 is 25.6 Å². The molecular formula is C20H24N4O4S2. The zero-order valence-electron chi connectivity index (χ0n) is 16.9. The van der Waals surface area contributed by atoms with Gasteiger partial charge in [0.1, 0.15) is 10.6 Å². The first-order chi connectivity index (χ1) is 14.2. The van der Waals surface area contributed by atoms with E-state index < -0.39 is 15.9 Å². The Hall–Kier alpha value is -2.69. The van der Waals surface area contributed by atoms with Gasteiger partial charge in [0, 0.05) is 17.3 Å². The molecule has 1 saturated carbocycles. The number of hydrogen-bond donors (Lipinski definition) is 4. The van der Waals surface area contributed by atoms with Crippen LogP contribution in [0.4, 0.5) is 5.69 Å². The fourth-order valence-electron chi connectivity index (χ4n) is 2.74. The van der Waals surface area contributed by atoms with Gasteiger partial charge in [-0.1, -0.05) is 12.1 Å². The Balaban J connectivity index is 1.68. The van der Waals surface area contributed by atoms with E-state index in [0.29, 0.717) is 0 Å². The van der Waals surface area contributed by atoms with Gasteiger partial charge in [0.2, 0.25) is 10.0 Å². The summed E-state index contributed by atoms with van der Waals surface area (Å²) in [4.78, 5) is 12.4. The molecule has 160 valence electrons. The molecule has 1 fully saturated rings. The van der Waals surface area contributed by atoms with E-state index in [1.54, 1.807) is 0 Å². The van der Waals surface area contributed by atoms with Gasteiger partial charge in [0.15, 0.2) is 5.11 Å². The Labute approximate surface area is 181 Å². The lowest BCUT2D eigenvalue weighted by Crippen LogP contribution is -2.43. The lowest BCUT2D eigenvalue weighted by Gasteiger charge is -2.15. The van der Waals surface area contributed by atoms with Crippen LogP contribution in [0, 0.1) is 13.8 Å². The molecule has 0 radical (unpaired) electrons. The molecule has 0 saturated heterocycles. The smallest absolute Gasteiger partial charge is 0.269 e. The number of amides is 1. The number of hydrogen-bond acceptors (Lipinski definition) is 5. The highest BCUT2D eigenvalue weighted by molar-refractivity contribution is 7.89. The summed E-state index contributed by atoms with van der Waals surface area (Å²) in [5.74, 6) is -0.370. The van der Waals surface area contributed by atoms with Gasteiger partial charge in [0.25, 0.3) is 5.91 Å². The number of benzene rings is 2. The van der Waals surface area contributed by atoms with Crippen LogP contribution in [0.3, 0.4) is 0 Å². The second-order valence-electron chi connectivity index (χ2n) is 7.04. The highest BCUT2D eigenvalue weighted by Crippen LogP contribution is 2.28. The van der Waals surface area contributed by atoms with Crippen LogP contribution in [0.2, 0.25) is 0 Å². The summed E-state index contributed by atoms with van der Waals surface area (Å²) in [6.07, 6.45) is 1.60. The Morgan fingerprint density at radius 1 is 1.13 bits per heavy atom. The van der Waals surface area contributed by atoms with Crippen LogP contribution in [0.1, 0.15) is 34.3 Å². The number of anilines is 1. The molecule has 0 heterocycles. The SMILES string of the molecule is COc1ccc(C(=O)NNC(=S)Nc2cccc(C)c2C)cc1S(=O)(=O)NC1CC1. The lowest BCUT2D eigenvalue weighted by molar-refractivity contribution is 0.0944. The van der Waals surface area contributed by atoms with Gasteiger partial charge in [-0.15, -0.1) is 0 Å². The monoisotopic (exact) mass is 448 g/mol. The number of thiocarbonyl (C=S) groups is 1. The van der Waals surface area contributed by atoms with E-state index in [-0.39, 0.29) is 27.4 Å². The van der Waals surface area contributed by atoms with Gasteiger partial charge in [-0.3, -0.25) is 15.6 Å². The zero-order chi connectivity index (χ0) is 21.9. The first-order valence-corrected chi connectivity index (χ1v) is 11.2. The third kappa shape index (κ3) is 5.26. The Bertz CT molecular complexity index is 1080. The van der Waals surface area contributed by atoms with E-state index in [1.165, 1.54) is 25.3 Å². The van der Waals surface area contributed by atoms with E-state index in [9.17, 15) is 13.2 Å². The number of aryl methyl sites for hydroxylation is 1. The van der Waals surface area contributed by atoms with Crippen molar-refractivity contribution in [2.75, 3.05) is 12.4 Å². The van der Waals surface area contributed by atoms with Gasteiger partial charge < -0.3 is 10.1 Å². The number of ether oxygens (including phenoxy) is 1. The third-order valence-corrected chi connectivity index (χ3v) is 6.50. The Kier molecular flexibility index (Phi) is 6.59. The van der Waals surface area contributed by atoms with Gasteiger partial charge in [-0.25, -0.2) is 13.1 Å². The number of carbonyl (C=O) groups is 1. The number of rotatable bonds is 6. The van der Waals surface area contributed by atoms with Crippen LogP contribution in [0.25, 0.3) is 0 Å². The van der Waals surface area contributed by atoms with E-state index >= 15 is 0 Å². The molecule has 2 aromatic rings. The fraction of sp³-hybridized carbons (Fsp3) is 0.300. The maximum Gasteiger partial charge on any atom is 0.269 e. The first-order valence-electron chi connectivity index (χ1n) is 9.35. The average Bonchev–Trinajstić information content (AvgIpc) is 3.52. The van der Waals surface area contributed by atoms with Crippen molar-refractivity contribution < 1.29 is 17.9 Å². The van der Waals surface area contributed by atoms with Crippen molar-refractivity contribution in [1.82, 2.24) is 15.6 Å². The summed E-state index contributed by atoms with van der Waals surface area (Å²) in [5.41, 5.74) is 8.23. The normalized spacial score (nSPS) is 13.4. The fourth-order valence-corrected chi connectivity index (χ4v) is 4.40. The zero-order valence-corrected chi connectivity index (χ0v) is 18.5. The average molecular weight is 449 g/mol. The molecule has 1 aliphatic carbocycles. The van der Waals surface area contributed by atoms with Crippen molar-refractivity contribution in [3.63, 3.8) is 0 Å². The molecule has 0 spiro atoms. The molecule has 8 nitrogen and oxygen atoms in total. The minimum absolute atomic E-state index is 0.0626. The number of carbonyl (C=O) groups excluding carboxylic acids is 1. The van der Waals surface area contributed by atoms with Gasteiger partial charge in [-0.05, 0) is 74.3 Å². The van der Waals surface area contributed by atoms with Crippen molar-refractivity contribution in [3.05, 3.63) is 53.1 Å². The van der Waals surface area contributed by atoms with Crippen molar-refractivity contribution in [2.24, 2.45) is 0 Å². The topological polar surface area (TPSA) is 109 Å². The van der Waals surface area contributed by atoms with Crippen LogP contribution in [0.5, 0.6) is 5.75 Å². The maximum atomic E-state index is 12.6. The molecule has 0 bridgehead atoms. The third-order valence-electron chi connectivity index (χ3n) is 4.76. The summed E-state index contributed by atoms with van der Waals surface area (Å²) in [6.45, 7) is 3.96. The molecule has 1 amide bonds. The predicted octanol–water partition coefficient (Wildman–Crippen LogP) is 2.38. The van der Waals surface area contributed by atoms with Crippen molar-refractivity contribution in [1.29, 1.82) is 0 Å². The van der Waals surface area contributed by atoms with Crippen molar-refractivity contribution in [3.8, 4) is 5.75 Å². The van der Waals surface area contributed by atoms with Gasteiger partial charge in [0.05, 0.1) is 7.11 Å². The summed E-state index contributed by atoms with van der Waals surface area (Å²) in [5, 5.41) is 3.22. The highest BCUT2D eigenvalue weighted by Gasteiger charge is 2.30. The molecule has 0 aromatic heterocycles. The molecule has 1 aliphatic rings. The first kappa shape index (κ1) is 22.0. The largest absolute Gasteiger partial charge is 0.495 e. The summed E-state index contributed by atoms with van der Waals surface area (Å²) in [7, 11) is -2.41. The van der Waals surface area contributed by atoms with E-state index in [4.69, 9.17) is 17.0 Å². The maximum absolute atomic E-state index is 12.6. The second kappa shape index (κ2) is 8.99. The van der Waals surface area contributed by atoms with Crippen molar-refractivity contribution in [2.45, 2.75) is 37.6 Å². The molecule has 0 aliphatic heterocycles. The summed E-state index contributed by atoms with van der Waals surface area (Å²) in [6, 6.07) is 9.92. The molecule has 0 atom stereocenters. The molecule has 10 heteroatoms. The van der Waals surface area contributed by atoms with E-state index in [1.807, 2.05) is 32.0 Å². The van der Waals surface area contributed by atoms with Crippen LogP contribution in [0.15, 0.2) is 41.3 Å². The van der Waals surface area contributed by atoms with E-state index in [0.717, 1.165) is 29.7 Å². The van der Waals surface area contributed by atoms with Gasteiger partial charge in [-0.2, -0.15) is 0 Å². The molecule has 0 unspecified atom stereocenters. The molecule has 4 N–H and O–H groups in total. The lowest BCUT2D eigenvalue weighted by atomic mass is 10.1. The minimum atomic E-state index is -3.79. The second-order valence-corrected chi connectivity index (χ2v) is 9.13. The van der Waals surface area contributed by atoms with Crippen LogP contribution in [-0.4, -0.2) is 32.6 Å². The molecule has 30 heavy (non-hydrogen) atoms. The number of sulfonamides is 1. The highest BCUT2D eigenvalue weighted by atomic mass is 32.2. The number of methoxy groups -OCH3 is 1. The molecule has 3 rings (SSSR count). The molecule has 2 aromatic carbocycles. The Morgan fingerprint density at radius 2 is 1.87 bits per heavy atom. The van der Waals surface area contributed by atoms with Crippen molar-refractivity contribution >= 4 is 38.9 Å². The van der Waals surface area contributed by atoms with Gasteiger partial charge >= 0.3 is 0 Å². The van der Waals surface area contributed by atoms with E-state index in [2.05, 4.69) is 20.9 Å².